The van der Waals surface area contributed by atoms with Gasteiger partial charge in [0.05, 0.1) is 5.01 Å². The summed E-state index contributed by atoms with van der Waals surface area (Å²) < 4.78 is 0. The van der Waals surface area contributed by atoms with Crippen molar-refractivity contribution >= 4 is 17.2 Å². The highest BCUT2D eigenvalue weighted by molar-refractivity contribution is 7.09. The normalized spacial score (nSPS) is 21.1. The zero-order chi connectivity index (χ0) is 11.5. The summed E-state index contributed by atoms with van der Waals surface area (Å²) in [4.78, 5) is 18.3. The predicted octanol–water partition coefficient (Wildman–Crippen LogP) is 1.40. The highest BCUT2D eigenvalue weighted by Crippen LogP contribution is 2.19. The number of carbonyl (C=O) groups is 1. The smallest absolute Gasteiger partial charge is 0.273 e. The Labute approximate surface area is 99.5 Å². The lowest BCUT2D eigenvalue weighted by Gasteiger charge is -2.34. The van der Waals surface area contributed by atoms with Gasteiger partial charge >= 0.3 is 0 Å². The van der Waals surface area contributed by atoms with E-state index in [9.17, 15) is 4.79 Å². The molecule has 2 heterocycles. The quantitative estimate of drug-likeness (QED) is 0.848. The van der Waals surface area contributed by atoms with Crippen LogP contribution < -0.4 is 5.73 Å². The van der Waals surface area contributed by atoms with Crippen molar-refractivity contribution in [3.63, 3.8) is 0 Å². The van der Waals surface area contributed by atoms with Crippen molar-refractivity contribution in [2.45, 2.75) is 32.2 Å². The average molecular weight is 239 g/mol. The zero-order valence-corrected chi connectivity index (χ0v) is 10.3. The van der Waals surface area contributed by atoms with Crippen molar-refractivity contribution in [1.29, 1.82) is 0 Å². The molecule has 16 heavy (non-hydrogen) atoms. The second kappa shape index (κ2) is 4.93. The van der Waals surface area contributed by atoms with Crippen LogP contribution in [0.3, 0.4) is 0 Å². The third-order valence-corrected chi connectivity index (χ3v) is 3.77. The van der Waals surface area contributed by atoms with E-state index in [4.69, 9.17) is 5.73 Å². The molecule has 2 rings (SSSR count). The molecule has 88 valence electrons. The first-order chi connectivity index (χ1) is 7.72. The van der Waals surface area contributed by atoms with Crippen LogP contribution in [0.25, 0.3) is 0 Å². The minimum atomic E-state index is 0.0412. The first-order valence-corrected chi connectivity index (χ1v) is 6.53. The first kappa shape index (κ1) is 11.5. The lowest BCUT2D eigenvalue weighted by Crippen LogP contribution is -2.47. The number of rotatable bonds is 2. The molecular weight excluding hydrogens is 222 g/mol. The summed E-state index contributed by atoms with van der Waals surface area (Å²) in [7, 11) is 0. The Morgan fingerprint density at radius 1 is 1.69 bits per heavy atom. The van der Waals surface area contributed by atoms with E-state index >= 15 is 0 Å². The highest BCUT2D eigenvalue weighted by Gasteiger charge is 2.27. The van der Waals surface area contributed by atoms with Crippen molar-refractivity contribution in [3.05, 3.63) is 16.1 Å². The molecule has 1 amide bonds. The number of aromatic nitrogens is 1. The fourth-order valence-electron chi connectivity index (χ4n) is 2.12. The minimum Gasteiger partial charge on any atom is -0.333 e. The SMILES string of the molecule is Cc1nc(C(=O)N2CCCCC2CN)cs1. The molecule has 1 saturated heterocycles. The number of piperidine rings is 1. The molecule has 1 aliphatic rings. The van der Waals surface area contributed by atoms with Gasteiger partial charge in [0.2, 0.25) is 0 Å². The Kier molecular flexibility index (Phi) is 3.56. The minimum absolute atomic E-state index is 0.0412. The van der Waals surface area contributed by atoms with Crippen LogP contribution in [0.5, 0.6) is 0 Å². The van der Waals surface area contributed by atoms with Gasteiger partial charge in [-0.3, -0.25) is 4.79 Å². The summed E-state index contributed by atoms with van der Waals surface area (Å²) in [5.74, 6) is 0.0412. The molecule has 2 N–H and O–H groups in total. The summed E-state index contributed by atoms with van der Waals surface area (Å²) in [5, 5.41) is 2.77. The van der Waals surface area contributed by atoms with Crippen LogP contribution in [0.15, 0.2) is 5.38 Å². The van der Waals surface area contributed by atoms with E-state index in [2.05, 4.69) is 4.98 Å². The maximum atomic E-state index is 12.2. The van der Waals surface area contributed by atoms with Crippen LogP contribution in [0.2, 0.25) is 0 Å². The standard InChI is InChI=1S/C11H17N3OS/c1-8-13-10(7-16-8)11(15)14-5-3-2-4-9(14)6-12/h7,9H,2-6,12H2,1H3. The largest absolute Gasteiger partial charge is 0.333 e. The number of amides is 1. The van der Waals surface area contributed by atoms with Crippen molar-refractivity contribution < 1.29 is 4.79 Å². The summed E-state index contributed by atoms with van der Waals surface area (Å²) in [6.45, 7) is 3.28. The Hall–Kier alpha value is -0.940. The number of nitrogens with two attached hydrogens (primary N) is 1. The van der Waals surface area contributed by atoms with Crippen molar-refractivity contribution in [3.8, 4) is 0 Å². The van der Waals surface area contributed by atoms with Gasteiger partial charge in [0.15, 0.2) is 0 Å². The molecule has 1 aliphatic heterocycles. The lowest BCUT2D eigenvalue weighted by atomic mass is 10.0. The second-order valence-electron chi connectivity index (χ2n) is 4.14. The van der Waals surface area contributed by atoms with E-state index in [1.807, 2.05) is 17.2 Å². The molecule has 1 unspecified atom stereocenters. The Balaban J connectivity index is 2.13. The zero-order valence-electron chi connectivity index (χ0n) is 9.48. The van der Waals surface area contributed by atoms with Crippen molar-refractivity contribution in [2.75, 3.05) is 13.1 Å². The lowest BCUT2D eigenvalue weighted by molar-refractivity contribution is 0.0618. The molecule has 1 aromatic rings. The van der Waals surface area contributed by atoms with Gasteiger partial charge in [-0.1, -0.05) is 0 Å². The number of hydrogen-bond donors (Lipinski definition) is 1. The predicted molar refractivity (Wildman–Crippen MR) is 64.6 cm³/mol. The summed E-state index contributed by atoms with van der Waals surface area (Å²) in [6, 6.07) is 0.197. The maximum absolute atomic E-state index is 12.2. The first-order valence-electron chi connectivity index (χ1n) is 5.65. The summed E-state index contributed by atoms with van der Waals surface area (Å²) in [6.07, 6.45) is 3.26. The molecule has 0 radical (unpaired) electrons. The highest BCUT2D eigenvalue weighted by atomic mass is 32.1. The molecule has 0 saturated carbocycles. The van der Waals surface area contributed by atoms with E-state index in [0.29, 0.717) is 12.2 Å². The molecule has 1 atom stereocenters. The van der Waals surface area contributed by atoms with Crippen LogP contribution in [0.1, 0.15) is 34.8 Å². The van der Waals surface area contributed by atoms with Crippen LogP contribution >= 0.6 is 11.3 Å². The second-order valence-corrected chi connectivity index (χ2v) is 5.20. The molecule has 0 bridgehead atoms. The number of nitrogens with zero attached hydrogens (tertiary/aromatic N) is 2. The molecule has 0 spiro atoms. The fourth-order valence-corrected chi connectivity index (χ4v) is 2.71. The number of thiazole rings is 1. The summed E-state index contributed by atoms with van der Waals surface area (Å²) >= 11 is 1.52. The van der Waals surface area contributed by atoms with Gasteiger partial charge in [-0.2, -0.15) is 0 Å². The van der Waals surface area contributed by atoms with Gasteiger partial charge in [-0.25, -0.2) is 4.98 Å². The van der Waals surface area contributed by atoms with E-state index < -0.39 is 0 Å². The molecule has 5 heteroatoms. The Morgan fingerprint density at radius 2 is 2.50 bits per heavy atom. The van der Waals surface area contributed by atoms with Gasteiger partial charge in [0, 0.05) is 24.5 Å². The van der Waals surface area contributed by atoms with E-state index in [1.165, 1.54) is 17.8 Å². The Bertz CT molecular complexity index is 377. The van der Waals surface area contributed by atoms with Crippen LogP contribution in [-0.2, 0) is 0 Å². The molecule has 4 nitrogen and oxygen atoms in total. The van der Waals surface area contributed by atoms with E-state index in [-0.39, 0.29) is 11.9 Å². The van der Waals surface area contributed by atoms with Crippen molar-refractivity contribution in [1.82, 2.24) is 9.88 Å². The van der Waals surface area contributed by atoms with E-state index in [1.54, 1.807) is 0 Å². The van der Waals surface area contributed by atoms with Gasteiger partial charge in [-0.05, 0) is 26.2 Å². The Morgan fingerprint density at radius 3 is 3.12 bits per heavy atom. The molecule has 1 fully saturated rings. The van der Waals surface area contributed by atoms with Gasteiger partial charge in [-0.15, -0.1) is 11.3 Å². The summed E-state index contributed by atoms with van der Waals surface area (Å²) in [5.41, 5.74) is 6.28. The van der Waals surface area contributed by atoms with Crippen LogP contribution in [0, 0.1) is 6.92 Å². The number of carbonyl (C=O) groups excluding carboxylic acids is 1. The topological polar surface area (TPSA) is 59.2 Å². The maximum Gasteiger partial charge on any atom is 0.273 e. The molecule has 1 aromatic heterocycles. The van der Waals surface area contributed by atoms with Gasteiger partial charge in [0.1, 0.15) is 5.69 Å². The molecule has 0 aromatic carbocycles. The van der Waals surface area contributed by atoms with Crippen molar-refractivity contribution in [2.24, 2.45) is 5.73 Å². The number of hydrogen-bond acceptors (Lipinski definition) is 4. The van der Waals surface area contributed by atoms with Crippen LogP contribution in [0.4, 0.5) is 0 Å². The monoisotopic (exact) mass is 239 g/mol. The molecule has 0 aliphatic carbocycles. The third kappa shape index (κ3) is 2.25. The van der Waals surface area contributed by atoms with E-state index in [0.717, 1.165) is 24.4 Å². The van der Waals surface area contributed by atoms with Gasteiger partial charge in [0.25, 0.3) is 5.91 Å². The number of likely N-dealkylation sites (tertiary alicyclic amines) is 1. The average Bonchev–Trinajstić information content (AvgIpc) is 2.75. The fraction of sp³-hybridized carbons (Fsp3) is 0.636. The van der Waals surface area contributed by atoms with Gasteiger partial charge < -0.3 is 10.6 Å². The third-order valence-electron chi connectivity index (χ3n) is 3.00. The number of aryl methyl sites for hydroxylation is 1. The molecular formula is C11H17N3OS. The van der Waals surface area contributed by atoms with Crippen LogP contribution in [-0.4, -0.2) is 34.9 Å².